The van der Waals surface area contributed by atoms with Gasteiger partial charge in [0.05, 0.1) is 13.2 Å². The quantitative estimate of drug-likeness (QED) is 0.389. The van der Waals surface area contributed by atoms with Crippen LogP contribution in [0, 0.1) is 5.41 Å². The Kier molecular flexibility index (Phi) is 7.82. The van der Waals surface area contributed by atoms with E-state index in [4.69, 9.17) is 15.2 Å². The molecule has 1 aromatic carbocycles. The maximum Gasteiger partial charge on any atom is 0.193 e. The highest BCUT2D eigenvalue weighted by Gasteiger charge is 2.23. The highest BCUT2D eigenvalue weighted by molar-refractivity contribution is 14.0. The molecular weight excluding hydrogens is 443 g/mol. The van der Waals surface area contributed by atoms with Crippen LogP contribution in [-0.4, -0.2) is 50.3 Å². The summed E-state index contributed by atoms with van der Waals surface area (Å²) in [6, 6.07) is 5.76. The minimum Gasteiger partial charge on any atom is -0.490 e. The number of hydrogen-bond acceptors (Lipinski definition) is 4. The third-order valence-corrected chi connectivity index (χ3v) is 4.55. The molecule has 0 atom stereocenters. The van der Waals surface area contributed by atoms with E-state index in [0.717, 1.165) is 30.2 Å². The van der Waals surface area contributed by atoms with Gasteiger partial charge in [0.2, 0.25) is 0 Å². The van der Waals surface area contributed by atoms with Crippen molar-refractivity contribution in [1.82, 2.24) is 4.90 Å². The van der Waals surface area contributed by atoms with Gasteiger partial charge in [-0.3, -0.25) is 4.99 Å². The number of nitrogens with one attached hydrogen (secondary N) is 1. The first-order chi connectivity index (χ1) is 12.0. The van der Waals surface area contributed by atoms with Crippen LogP contribution in [-0.2, 0) is 0 Å². The van der Waals surface area contributed by atoms with Crippen LogP contribution in [0.1, 0.15) is 33.1 Å². The molecule has 0 amide bonds. The topological polar surface area (TPSA) is 72.1 Å². The van der Waals surface area contributed by atoms with E-state index in [1.807, 2.05) is 18.2 Å². The molecule has 6 nitrogen and oxygen atoms in total. The van der Waals surface area contributed by atoms with Gasteiger partial charge in [0.1, 0.15) is 0 Å². The van der Waals surface area contributed by atoms with E-state index < -0.39 is 0 Å². The van der Waals surface area contributed by atoms with E-state index >= 15 is 0 Å². The number of aliphatic imine (C=N–C) groups is 1. The molecule has 1 aromatic rings. The Bertz CT molecular complexity index is 616. The minimum absolute atomic E-state index is 0. The van der Waals surface area contributed by atoms with Crippen LogP contribution in [0.4, 0.5) is 5.69 Å². The third kappa shape index (κ3) is 6.19. The molecule has 7 heteroatoms. The Hall–Kier alpha value is -1.22. The highest BCUT2D eigenvalue weighted by Crippen LogP contribution is 2.32. The smallest absolute Gasteiger partial charge is 0.193 e. The van der Waals surface area contributed by atoms with Crippen LogP contribution in [0.15, 0.2) is 23.2 Å². The van der Waals surface area contributed by atoms with E-state index in [2.05, 4.69) is 29.1 Å². The van der Waals surface area contributed by atoms with Gasteiger partial charge in [0, 0.05) is 31.3 Å². The van der Waals surface area contributed by atoms with E-state index in [0.29, 0.717) is 25.7 Å². The van der Waals surface area contributed by atoms with Gasteiger partial charge in [0.25, 0.3) is 0 Å². The number of hydrogen-bond donors (Lipinski definition) is 2. The normalized spacial score (nSPS) is 18.2. The van der Waals surface area contributed by atoms with Crippen LogP contribution in [0.5, 0.6) is 11.5 Å². The molecule has 1 fully saturated rings. The van der Waals surface area contributed by atoms with E-state index in [1.165, 1.54) is 25.9 Å². The van der Waals surface area contributed by atoms with Gasteiger partial charge in [0.15, 0.2) is 17.5 Å². The fourth-order valence-corrected chi connectivity index (χ4v) is 3.32. The molecule has 26 heavy (non-hydrogen) atoms. The summed E-state index contributed by atoms with van der Waals surface area (Å²) in [6.45, 7) is 10.0. The van der Waals surface area contributed by atoms with Crippen molar-refractivity contribution in [3.05, 3.63) is 18.2 Å². The lowest BCUT2D eigenvalue weighted by Crippen LogP contribution is -2.35. The lowest BCUT2D eigenvalue weighted by atomic mass is 9.93. The minimum atomic E-state index is 0. The number of nitrogens with zero attached hydrogens (tertiary/aromatic N) is 2. The first-order valence-corrected chi connectivity index (χ1v) is 9.21. The van der Waals surface area contributed by atoms with Gasteiger partial charge in [-0.2, -0.15) is 0 Å². The zero-order chi connectivity index (χ0) is 17.7. The summed E-state index contributed by atoms with van der Waals surface area (Å²) in [5.74, 6) is 1.97. The van der Waals surface area contributed by atoms with Crippen LogP contribution < -0.4 is 20.5 Å². The fourth-order valence-electron chi connectivity index (χ4n) is 3.32. The van der Waals surface area contributed by atoms with Crippen LogP contribution in [0.2, 0.25) is 0 Å². The summed E-state index contributed by atoms with van der Waals surface area (Å²) in [7, 11) is 0. The van der Waals surface area contributed by atoms with Crippen molar-refractivity contribution in [3.63, 3.8) is 0 Å². The molecule has 0 radical (unpaired) electrons. The predicted molar refractivity (Wildman–Crippen MR) is 117 cm³/mol. The average Bonchev–Trinajstić information content (AvgIpc) is 2.95. The second-order valence-electron chi connectivity index (χ2n) is 7.69. The summed E-state index contributed by atoms with van der Waals surface area (Å²) in [4.78, 5) is 7.07. The molecular formula is C19H31IN4O2. The number of rotatable bonds is 5. The predicted octanol–water partition coefficient (Wildman–Crippen LogP) is 3.31. The monoisotopic (exact) mass is 474 g/mol. The number of ether oxygens (including phenoxy) is 2. The van der Waals surface area contributed by atoms with Crippen LogP contribution >= 0.6 is 24.0 Å². The number of nitrogens with two attached hydrogens (primary N) is 1. The molecule has 0 saturated carbocycles. The number of guanidine groups is 1. The lowest BCUT2D eigenvalue weighted by molar-refractivity contribution is 0.216. The van der Waals surface area contributed by atoms with Crippen molar-refractivity contribution >= 4 is 35.6 Å². The maximum absolute atomic E-state index is 6.08. The molecule has 2 aliphatic heterocycles. The lowest BCUT2D eigenvalue weighted by Gasteiger charge is -2.28. The Morgan fingerprint density at radius 3 is 2.58 bits per heavy atom. The van der Waals surface area contributed by atoms with Crippen LogP contribution in [0.25, 0.3) is 0 Å². The van der Waals surface area contributed by atoms with E-state index in [-0.39, 0.29) is 29.4 Å². The molecule has 0 spiro atoms. The van der Waals surface area contributed by atoms with Gasteiger partial charge in [-0.15, -0.1) is 24.0 Å². The zero-order valence-electron chi connectivity index (χ0n) is 15.8. The van der Waals surface area contributed by atoms with E-state index in [9.17, 15) is 0 Å². The Morgan fingerprint density at radius 2 is 1.85 bits per heavy atom. The van der Waals surface area contributed by atoms with Gasteiger partial charge in [-0.25, -0.2) is 0 Å². The van der Waals surface area contributed by atoms with Crippen molar-refractivity contribution in [2.24, 2.45) is 16.1 Å². The van der Waals surface area contributed by atoms with Crippen molar-refractivity contribution in [3.8, 4) is 11.5 Å². The third-order valence-electron chi connectivity index (χ3n) is 4.55. The number of halogens is 1. The maximum atomic E-state index is 6.08. The molecule has 0 aromatic heterocycles. The van der Waals surface area contributed by atoms with Gasteiger partial charge < -0.3 is 25.4 Å². The molecule has 0 unspecified atom stereocenters. The van der Waals surface area contributed by atoms with Gasteiger partial charge >= 0.3 is 0 Å². The van der Waals surface area contributed by atoms with Crippen LogP contribution in [0.3, 0.4) is 0 Å². The fraction of sp³-hybridized carbons (Fsp3) is 0.632. The standard InChI is InChI=1S/C19H30N4O2.HI/c1-19(2,14-23-8-3-4-9-23)13-21-18(20)22-15-6-7-16-17(12-15)25-11-5-10-24-16;/h6-7,12H,3-5,8-11,13-14H2,1-2H3,(H3,20,21,22);1H. The molecule has 3 rings (SSSR count). The molecule has 1 saturated heterocycles. The average molecular weight is 474 g/mol. The molecule has 2 aliphatic rings. The van der Waals surface area contributed by atoms with Crippen molar-refractivity contribution in [2.75, 3.05) is 44.7 Å². The Balaban J connectivity index is 0.00000243. The summed E-state index contributed by atoms with van der Waals surface area (Å²) >= 11 is 0. The first kappa shape index (κ1) is 21.1. The van der Waals surface area contributed by atoms with Crippen molar-refractivity contribution in [1.29, 1.82) is 0 Å². The second-order valence-corrected chi connectivity index (χ2v) is 7.69. The Labute approximate surface area is 173 Å². The number of fused-ring (bicyclic) bond motifs is 1. The molecule has 2 heterocycles. The molecule has 3 N–H and O–H groups in total. The zero-order valence-corrected chi connectivity index (χ0v) is 18.1. The van der Waals surface area contributed by atoms with Crippen molar-refractivity contribution < 1.29 is 9.47 Å². The molecule has 0 bridgehead atoms. The molecule has 0 aliphatic carbocycles. The highest BCUT2D eigenvalue weighted by atomic mass is 127. The second kappa shape index (κ2) is 9.64. The van der Waals surface area contributed by atoms with Gasteiger partial charge in [-0.05, 0) is 43.5 Å². The van der Waals surface area contributed by atoms with E-state index in [1.54, 1.807) is 0 Å². The number of anilines is 1. The Morgan fingerprint density at radius 1 is 1.15 bits per heavy atom. The summed E-state index contributed by atoms with van der Waals surface area (Å²) in [5.41, 5.74) is 7.06. The summed E-state index contributed by atoms with van der Waals surface area (Å²) in [5, 5.41) is 3.16. The molecule has 146 valence electrons. The number of benzene rings is 1. The van der Waals surface area contributed by atoms with Gasteiger partial charge in [-0.1, -0.05) is 13.8 Å². The van der Waals surface area contributed by atoms with Crippen molar-refractivity contribution in [2.45, 2.75) is 33.1 Å². The largest absolute Gasteiger partial charge is 0.490 e. The number of likely N-dealkylation sites (tertiary alicyclic amines) is 1. The summed E-state index contributed by atoms with van der Waals surface area (Å²) < 4.78 is 11.4. The first-order valence-electron chi connectivity index (χ1n) is 9.21. The SMILES string of the molecule is CC(C)(CN=C(N)Nc1ccc2c(c1)OCCCO2)CN1CCCC1.I. The summed E-state index contributed by atoms with van der Waals surface area (Å²) in [6.07, 6.45) is 3.52.